The van der Waals surface area contributed by atoms with E-state index in [1.807, 2.05) is 0 Å². The molecule has 0 aromatic heterocycles. The Labute approximate surface area is 173 Å². The van der Waals surface area contributed by atoms with Crippen LogP contribution in [0.15, 0.2) is 48.5 Å². The number of alkyl halides is 3. The van der Waals surface area contributed by atoms with E-state index in [9.17, 15) is 22.8 Å². The quantitative estimate of drug-likeness (QED) is 0.508. The van der Waals surface area contributed by atoms with E-state index in [1.165, 1.54) is 18.2 Å². The first-order chi connectivity index (χ1) is 13.9. The number of hydrogen-bond donors (Lipinski definition) is 1. The number of carbonyl (C=O) groups excluding carboxylic acids is 2. The molecule has 0 unspecified atom stereocenters. The van der Waals surface area contributed by atoms with Crippen molar-refractivity contribution < 1.29 is 32.2 Å². The first-order valence-corrected chi connectivity index (χ1v) is 9.35. The van der Waals surface area contributed by atoms with Gasteiger partial charge in [0.1, 0.15) is 11.4 Å². The van der Waals surface area contributed by atoms with Crippen molar-refractivity contribution >= 4 is 12.1 Å². The fourth-order valence-electron chi connectivity index (χ4n) is 2.58. The average molecular weight is 423 g/mol. The van der Waals surface area contributed by atoms with E-state index in [-0.39, 0.29) is 24.4 Å². The largest absolute Gasteiger partial charge is 0.514 e. The van der Waals surface area contributed by atoms with Crippen LogP contribution in [0.4, 0.5) is 18.0 Å². The number of nitrogens with one attached hydrogen (secondary N) is 1. The Morgan fingerprint density at radius 2 is 1.60 bits per heavy atom. The monoisotopic (exact) mass is 423 g/mol. The zero-order valence-electron chi connectivity index (χ0n) is 17.0. The van der Waals surface area contributed by atoms with Gasteiger partial charge in [-0.25, -0.2) is 4.79 Å². The number of ether oxygens (including phenoxy) is 2. The van der Waals surface area contributed by atoms with E-state index in [1.54, 1.807) is 45.0 Å². The van der Waals surface area contributed by atoms with E-state index in [0.717, 1.165) is 11.6 Å². The molecule has 0 saturated carbocycles. The van der Waals surface area contributed by atoms with Gasteiger partial charge in [0.05, 0.1) is 5.56 Å². The van der Waals surface area contributed by atoms with Crippen molar-refractivity contribution in [1.29, 1.82) is 0 Å². The molecule has 30 heavy (non-hydrogen) atoms. The Bertz CT molecular complexity index is 871. The van der Waals surface area contributed by atoms with Gasteiger partial charge in [-0.15, -0.1) is 0 Å². The maximum absolute atomic E-state index is 13.0. The summed E-state index contributed by atoms with van der Waals surface area (Å²) >= 11 is 0. The molecule has 0 atom stereocenters. The molecule has 2 aromatic carbocycles. The molecule has 0 aliphatic carbocycles. The predicted octanol–water partition coefficient (Wildman–Crippen LogP) is 5.27. The fraction of sp³-hybridized carbons (Fsp3) is 0.364. The van der Waals surface area contributed by atoms with Gasteiger partial charge in [0.15, 0.2) is 0 Å². The highest BCUT2D eigenvalue weighted by Crippen LogP contribution is 2.31. The molecule has 162 valence electrons. The SMILES string of the molecule is CC(C)(C)OC(=O)Oc1ccc(CCC(=O)NCc2ccccc2C(F)(F)F)cc1. The van der Waals surface area contributed by atoms with Crippen LogP contribution in [0.2, 0.25) is 0 Å². The van der Waals surface area contributed by atoms with E-state index in [4.69, 9.17) is 9.47 Å². The molecule has 2 rings (SSSR count). The van der Waals surface area contributed by atoms with Crippen LogP contribution in [0.5, 0.6) is 5.75 Å². The molecule has 2 aromatic rings. The van der Waals surface area contributed by atoms with Crippen molar-refractivity contribution in [2.75, 3.05) is 0 Å². The van der Waals surface area contributed by atoms with Crippen molar-refractivity contribution in [2.24, 2.45) is 0 Å². The number of benzene rings is 2. The molecular formula is C22H24F3NO4. The number of amides is 1. The summed E-state index contributed by atoms with van der Waals surface area (Å²) in [7, 11) is 0. The van der Waals surface area contributed by atoms with Gasteiger partial charge in [0, 0.05) is 13.0 Å². The predicted molar refractivity (Wildman–Crippen MR) is 105 cm³/mol. The molecule has 5 nitrogen and oxygen atoms in total. The lowest BCUT2D eigenvalue weighted by Gasteiger charge is -2.18. The van der Waals surface area contributed by atoms with Crippen LogP contribution in [0.1, 0.15) is 43.9 Å². The Morgan fingerprint density at radius 1 is 0.967 bits per heavy atom. The van der Waals surface area contributed by atoms with E-state index < -0.39 is 23.5 Å². The highest BCUT2D eigenvalue weighted by atomic mass is 19.4. The second-order valence-corrected chi connectivity index (χ2v) is 7.64. The summed E-state index contributed by atoms with van der Waals surface area (Å²) in [6, 6.07) is 11.7. The van der Waals surface area contributed by atoms with Crippen LogP contribution in [0.25, 0.3) is 0 Å². The van der Waals surface area contributed by atoms with Crippen LogP contribution in [-0.2, 0) is 28.7 Å². The van der Waals surface area contributed by atoms with Crippen molar-refractivity contribution in [3.8, 4) is 5.75 Å². The molecule has 8 heteroatoms. The maximum Gasteiger partial charge on any atom is 0.514 e. The van der Waals surface area contributed by atoms with Gasteiger partial charge in [-0.05, 0) is 56.5 Å². The van der Waals surface area contributed by atoms with Gasteiger partial charge in [-0.3, -0.25) is 4.79 Å². The van der Waals surface area contributed by atoms with Crippen molar-refractivity contribution in [3.05, 3.63) is 65.2 Å². The third-order valence-electron chi connectivity index (χ3n) is 3.95. The number of hydrogen-bond acceptors (Lipinski definition) is 4. The molecule has 1 N–H and O–H groups in total. The normalized spacial score (nSPS) is 11.7. The summed E-state index contributed by atoms with van der Waals surface area (Å²) in [5.74, 6) is -0.0535. The van der Waals surface area contributed by atoms with Crippen LogP contribution in [-0.4, -0.2) is 17.7 Å². The average Bonchev–Trinajstić information content (AvgIpc) is 2.63. The van der Waals surface area contributed by atoms with Crippen LogP contribution in [0.3, 0.4) is 0 Å². The molecule has 0 saturated heterocycles. The second-order valence-electron chi connectivity index (χ2n) is 7.64. The number of carbonyl (C=O) groups is 2. The summed E-state index contributed by atoms with van der Waals surface area (Å²) in [4.78, 5) is 23.7. The maximum atomic E-state index is 13.0. The smallest absolute Gasteiger partial charge is 0.428 e. The molecule has 1 amide bonds. The van der Waals surface area contributed by atoms with Crippen molar-refractivity contribution in [2.45, 2.75) is 51.9 Å². The van der Waals surface area contributed by atoms with E-state index >= 15 is 0 Å². The standard InChI is InChI=1S/C22H24F3NO4/c1-21(2,3)30-20(28)29-17-11-8-15(9-12-17)10-13-19(27)26-14-16-6-4-5-7-18(16)22(23,24)25/h4-9,11-12H,10,13-14H2,1-3H3,(H,26,27). The van der Waals surface area contributed by atoms with Crippen LogP contribution >= 0.6 is 0 Å². The number of aryl methyl sites for hydroxylation is 1. The molecular weight excluding hydrogens is 399 g/mol. The highest BCUT2D eigenvalue weighted by Gasteiger charge is 2.32. The lowest BCUT2D eigenvalue weighted by Crippen LogP contribution is -2.26. The van der Waals surface area contributed by atoms with Gasteiger partial charge in [0.2, 0.25) is 5.91 Å². The van der Waals surface area contributed by atoms with Crippen LogP contribution < -0.4 is 10.1 Å². The molecule has 0 radical (unpaired) electrons. The lowest BCUT2D eigenvalue weighted by molar-refractivity contribution is -0.138. The molecule has 0 aliphatic heterocycles. The molecule has 0 aliphatic rings. The van der Waals surface area contributed by atoms with Gasteiger partial charge < -0.3 is 14.8 Å². The Kier molecular flexibility index (Phi) is 7.48. The number of halogens is 3. The minimum Gasteiger partial charge on any atom is -0.428 e. The first kappa shape index (κ1) is 23.3. The minimum absolute atomic E-state index is 0.0157. The third-order valence-corrected chi connectivity index (χ3v) is 3.95. The summed E-state index contributed by atoms with van der Waals surface area (Å²) in [5.41, 5.74) is -0.587. The van der Waals surface area contributed by atoms with Gasteiger partial charge >= 0.3 is 12.3 Å². The molecule has 0 heterocycles. The van der Waals surface area contributed by atoms with Crippen LogP contribution in [0, 0.1) is 0 Å². The third kappa shape index (κ3) is 7.77. The zero-order chi connectivity index (χ0) is 22.4. The Morgan fingerprint density at radius 3 is 2.20 bits per heavy atom. The van der Waals surface area contributed by atoms with Gasteiger partial charge in [-0.2, -0.15) is 13.2 Å². The summed E-state index contributed by atoms with van der Waals surface area (Å²) in [6.45, 7) is 4.98. The summed E-state index contributed by atoms with van der Waals surface area (Å²) in [5, 5.41) is 2.52. The molecule has 0 bridgehead atoms. The zero-order valence-corrected chi connectivity index (χ0v) is 17.0. The summed E-state index contributed by atoms with van der Waals surface area (Å²) in [6.07, 6.45) is -4.78. The first-order valence-electron chi connectivity index (χ1n) is 9.35. The van der Waals surface area contributed by atoms with E-state index in [2.05, 4.69) is 5.32 Å². The Hall–Kier alpha value is -3.03. The minimum atomic E-state index is -4.47. The van der Waals surface area contributed by atoms with Crippen molar-refractivity contribution in [1.82, 2.24) is 5.32 Å². The van der Waals surface area contributed by atoms with Gasteiger partial charge in [0.25, 0.3) is 0 Å². The summed E-state index contributed by atoms with van der Waals surface area (Å²) < 4.78 is 49.1. The second kappa shape index (κ2) is 9.65. The molecule has 0 spiro atoms. The number of rotatable bonds is 6. The van der Waals surface area contributed by atoms with E-state index in [0.29, 0.717) is 12.2 Å². The highest BCUT2D eigenvalue weighted by molar-refractivity contribution is 5.76. The molecule has 0 fully saturated rings. The topological polar surface area (TPSA) is 64.6 Å². The van der Waals surface area contributed by atoms with Crippen molar-refractivity contribution in [3.63, 3.8) is 0 Å². The Balaban J connectivity index is 1.82. The lowest BCUT2D eigenvalue weighted by atomic mass is 10.1. The fourth-order valence-corrected chi connectivity index (χ4v) is 2.58. The van der Waals surface area contributed by atoms with Gasteiger partial charge in [-0.1, -0.05) is 30.3 Å².